The highest BCUT2D eigenvalue weighted by molar-refractivity contribution is 5.89. The number of carbonyl (C=O) groups is 4. The Hall–Kier alpha value is -2.12. The third-order valence-corrected chi connectivity index (χ3v) is 3.01. The maximum absolute atomic E-state index is 11.6. The van der Waals surface area contributed by atoms with E-state index in [1.165, 1.54) is 0 Å². The van der Waals surface area contributed by atoms with Crippen LogP contribution < -0.4 is 21.7 Å². The van der Waals surface area contributed by atoms with E-state index in [2.05, 4.69) is 16.0 Å². The van der Waals surface area contributed by atoms with Crippen LogP contribution in [0.1, 0.15) is 46.0 Å². The first-order valence-corrected chi connectivity index (χ1v) is 7.52. The zero-order chi connectivity index (χ0) is 17.0. The predicted molar refractivity (Wildman–Crippen MR) is 81.6 cm³/mol. The first-order chi connectivity index (χ1) is 10.4. The van der Waals surface area contributed by atoms with Crippen molar-refractivity contribution in [3.05, 3.63) is 0 Å². The first-order valence-electron chi connectivity index (χ1n) is 7.52. The zero-order valence-corrected chi connectivity index (χ0v) is 13.2. The van der Waals surface area contributed by atoms with Gasteiger partial charge in [0, 0.05) is 19.4 Å². The summed E-state index contributed by atoms with van der Waals surface area (Å²) in [6.07, 6.45) is 2.45. The molecule has 0 aliphatic carbocycles. The summed E-state index contributed by atoms with van der Waals surface area (Å²) in [5.41, 5.74) is 5.24. The van der Waals surface area contributed by atoms with Crippen LogP contribution in [0.25, 0.3) is 0 Å². The van der Waals surface area contributed by atoms with Gasteiger partial charge in [0.2, 0.25) is 23.6 Å². The summed E-state index contributed by atoms with van der Waals surface area (Å²) >= 11 is 0. The lowest BCUT2D eigenvalue weighted by Crippen LogP contribution is -2.47. The summed E-state index contributed by atoms with van der Waals surface area (Å²) in [5.74, 6) is -1.33. The van der Waals surface area contributed by atoms with E-state index < -0.39 is 17.9 Å². The Morgan fingerprint density at radius 2 is 1.50 bits per heavy atom. The highest BCUT2D eigenvalue weighted by Gasteiger charge is 2.17. The van der Waals surface area contributed by atoms with Crippen LogP contribution in [0, 0.1) is 0 Å². The van der Waals surface area contributed by atoms with Crippen LogP contribution in [0.3, 0.4) is 0 Å². The predicted octanol–water partition coefficient (Wildman–Crippen LogP) is -0.821. The van der Waals surface area contributed by atoms with Gasteiger partial charge >= 0.3 is 0 Å². The van der Waals surface area contributed by atoms with Gasteiger partial charge in [0.1, 0.15) is 6.04 Å². The minimum Gasteiger partial charge on any atom is -0.368 e. The van der Waals surface area contributed by atoms with E-state index in [1.807, 2.05) is 0 Å². The normalized spacial score (nSPS) is 11.4. The van der Waals surface area contributed by atoms with E-state index >= 15 is 0 Å². The number of carbonyl (C=O) groups excluding carboxylic acids is 4. The van der Waals surface area contributed by atoms with Crippen LogP contribution >= 0.6 is 0 Å². The molecule has 0 aromatic rings. The number of hydrogen-bond acceptors (Lipinski definition) is 4. The average Bonchev–Trinajstić information content (AvgIpc) is 2.50. The molecule has 0 aromatic heterocycles. The van der Waals surface area contributed by atoms with Gasteiger partial charge in [-0.25, -0.2) is 0 Å². The second-order valence-electron chi connectivity index (χ2n) is 4.85. The molecular weight excluding hydrogens is 288 g/mol. The highest BCUT2D eigenvalue weighted by atomic mass is 16.2. The third-order valence-electron chi connectivity index (χ3n) is 3.01. The Balaban J connectivity index is 4.00. The SMILES string of the molecule is CCC(=O)NCCCCC(NC(=O)CNC(=O)CC)C(N)=O. The minimum atomic E-state index is -0.770. The standard InChI is InChI=1S/C14H26N4O4/c1-3-11(19)16-8-6-5-7-10(14(15)22)18-13(21)9-17-12(20)4-2/h10H,3-9H2,1-2H3,(H2,15,22)(H,16,19)(H,17,20)(H,18,21). The molecule has 22 heavy (non-hydrogen) atoms. The number of hydrogen-bond donors (Lipinski definition) is 4. The third kappa shape index (κ3) is 9.73. The molecule has 1 unspecified atom stereocenters. The van der Waals surface area contributed by atoms with Crippen LogP contribution in [-0.4, -0.2) is 42.8 Å². The number of amides is 4. The second kappa shape index (κ2) is 11.5. The van der Waals surface area contributed by atoms with Crippen molar-refractivity contribution in [1.29, 1.82) is 0 Å². The number of primary amides is 1. The van der Waals surface area contributed by atoms with Crippen LogP contribution in [0.5, 0.6) is 0 Å². The molecule has 0 saturated heterocycles. The number of nitrogens with one attached hydrogen (secondary N) is 3. The second-order valence-corrected chi connectivity index (χ2v) is 4.85. The molecule has 4 amide bonds. The Kier molecular flexibility index (Phi) is 10.4. The van der Waals surface area contributed by atoms with E-state index in [9.17, 15) is 19.2 Å². The lowest BCUT2D eigenvalue weighted by atomic mass is 10.1. The van der Waals surface area contributed by atoms with Gasteiger partial charge in [0.15, 0.2) is 0 Å². The van der Waals surface area contributed by atoms with Crippen molar-refractivity contribution in [3.63, 3.8) is 0 Å². The highest BCUT2D eigenvalue weighted by Crippen LogP contribution is 2.00. The van der Waals surface area contributed by atoms with Gasteiger partial charge in [-0.3, -0.25) is 19.2 Å². The summed E-state index contributed by atoms with van der Waals surface area (Å²) in [4.78, 5) is 45.0. The minimum absolute atomic E-state index is 0.0218. The Labute approximate surface area is 130 Å². The van der Waals surface area contributed by atoms with Crippen molar-refractivity contribution in [2.24, 2.45) is 5.73 Å². The molecule has 0 heterocycles. The molecule has 8 nitrogen and oxygen atoms in total. The Morgan fingerprint density at radius 1 is 0.909 bits per heavy atom. The van der Waals surface area contributed by atoms with Gasteiger partial charge in [-0.15, -0.1) is 0 Å². The number of unbranched alkanes of at least 4 members (excludes halogenated alkanes) is 1. The summed E-state index contributed by atoms with van der Waals surface area (Å²) in [5, 5.41) is 7.64. The largest absolute Gasteiger partial charge is 0.368 e. The monoisotopic (exact) mass is 314 g/mol. The Morgan fingerprint density at radius 3 is 2.05 bits per heavy atom. The lowest BCUT2D eigenvalue weighted by molar-refractivity contribution is -0.128. The van der Waals surface area contributed by atoms with Gasteiger partial charge in [-0.2, -0.15) is 0 Å². The smallest absolute Gasteiger partial charge is 0.240 e. The maximum atomic E-state index is 11.6. The topological polar surface area (TPSA) is 130 Å². The van der Waals surface area contributed by atoms with Gasteiger partial charge in [0.25, 0.3) is 0 Å². The van der Waals surface area contributed by atoms with Crippen molar-refractivity contribution in [3.8, 4) is 0 Å². The van der Waals surface area contributed by atoms with Crippen molar-refractivity contribution in [2.45, 2.75) is 52.0 Å². The molecule has 1 atom stereocenters. The summed E-state index contributed by atoms with van der Waals surface area (Å²) in [6.45, 7) is 3.80. The zero-order valence-electron chi connectivity index (χ0n) is 13.2. The fraction of sp³-hybridized carbons (Fsp3) is 0.714. The maximum Gasteiger partial charge on any atom is 0.240 e. The molecule has 8 heteroatoms. The number of nitrogens with two attached hydrogens (primary N) is 1. The Bertz CT molecular complexity index is 398. The van der Waals surface area contributed by atoms with Crippen molar-refractivity contribution in [2.75, 3.05) is 13.1 Å². The molecule has 0 aromatic carbocycles. The van der Waals surface area contributed by atoms with E-state index in [1.54, 1.807) is 13.8 Å². The molecule has 0 radical (unpaired) electrons. The first kappa shape index (κ1) is 19.9. The quantitative estimate of drug-likeness (QED) is 0.371. The van der Waals surface area contributed by atoms with Crippen molar-refractivity contribution in [1.82, 2.24) is 16.0 Å². The van der Waals surface area contributed by atoms with Gasteiger partial charge < -0.3 is 21.7 Å². The van der Waals surface area contributed by atoms with E-state index in [-0.39, 0.29) is 24.8 Å². The van der Waals surface area contributed by atoms with Gasteiger partial charge in [0.05, 0.1) is 6.54 Å². The fourth-order valence-corrected chi connectivity index (χ4v) is 1.66. The number of rotatable bonds is 11. The molecule has 5 N–H and O–H groups in total. The lowest BCUT2D eigenvalue weighted by Gasteiger charge is -2.15. The summed E-state index contributed by atoms with van der Waals surface area (Å²) in [6, 6.07) is -0.770. The summed E-state index contributed by atoms with van der Waals surface area (Å²) in [7, 11) is 0. The van der Waals surface area contributed by atoms with Crippen molar-refractivity contribution >= 4 is 23.6 Å². The van der Waals surface area contributed by atoms with Crippen LogP contribution in [0.4, 0.5) is 0 Å². The molecule has 0 rings (SSSR count). The molecule has 0 fully saturated rings. The molecule has 126 valence electrons. The molecule has 0 saturated carbocycles. The van der Waals surface area contributed by atoms with E-state index in [0.29, 0.717) is 32.2 Å². The van der Waals surface area contributed by atoms with Crippen molar-refractivity contribution < 1.29 is 19.2 Å². The average molecular weight is 314 g/mol. The fourth-order valence-electron chi connectivity index (χ4n) is 1.66. The van der Waals surface area contributed by atoms with Crippen LogP contribution in [0.15, 0.2) is 0 Å². The molecule has 0 aliphatic rings. The van der Waals surface area contributed by atoms with Crippen LogP contribution in [0.2, 0.25) is 0 Å². The molecular formula is C14H26N4O4. The molecule has 0 bridgehead atoms. The van der Waals surface area contributed by atoms with Gasteiger partial charge in [-0.05, 0) is 19.3 Å². The summed E-state index contributed by atoms with van der Waals surface area (Å²) < 4.78 is 0. The van der Waals surface area contributed by atoms with Gasteiger partial charge in [-0.1, -0.05) is 13.8 Å². The van der Waals surface area contributed by atoms with E-state index in [0.717, 1.165) is 0 Å². The van der Waals surface area contributed by atoms with E-state index in [4.69, 9.17) is 5.73 Å². The molecule has 0 aliphatic heterocycles. The van der Waals surface area contributed by atoms with Crippen LogP contribution in [-0.2, 0) is 19.2 Å². The molecule has 0 spiro atoms.